The Morgan fingerprint density at radius 2 is 1.82 bits per heavy atom. The first-order chi connectivity index (χ1) is 7.87. The van der Waals surface area contributed by atoms with Crippen molar-refractivity contribution in [2.75, 3.05) is 14.2 Å². The lowest BCUT2D eigenvalue weighted by Gasteiger charge is -2.21. The summed E-state index contributed by atoms with van der Waals surface area (Å²) in [6, 6.07) is 5.12. The minimum Gasteiger partial charge on any atom is -0.497 e. The minimum absolute atomic E-state index is 0.156. The molecule has 1 amide bonds. The van der Waals surface area contributed by atoms with Crippen LogP contribution in [0.2, 0.25) is 0 Å². The van der Waals surface area contributed by atoms with Crippen molar-refractivity contribution in [2.24, 2.45) is 0 Å². The van der Waals surface area contributed by atoms with Crippen molar-refractivity contribution in [3.05, 3.63) is 23.8 Å². The van der Waals surface area contributed by atoms with Gasteiger partial charge in [0, 0.05) is 11.6 Å². The first-order valence-corrected chi connectivity index (χ1v) is 5.42. The molecule has 94 valence electrons. The molecule has 1 N–H and O–H groups in total. The van der Waals surface area contributed by atoms with Crippen molar-refractivity contribution in [3.63, 3.8) is 0 Å². The fraction of sp³-hybridized carbons (Fsp3) is 0.462. The molecular weight excluding hydrogens is 218 g/mol. The number of ether oxygens (including phenoxy) is 2. The Balaban J connectivity index is 3.01. The van der Waals surface area contributed by atoms with E-state index in [9.17, 15) is 4.79 Å². The van der Waals surface area contributed by atoms with Crippen LogP contribution >= 0.6 is 0 Å². The van der Waals surface area contributed by atoms with E-state index in [2.05, 4.69) is 5.32 Å². The van der Waals surface area contributed by atoms with Gasteiger partial charge in [0.1, 0.15) is 11.5 Å². The second-order valence-electron chi connectivity index (χ2n) is 4.77. The van der Waals surface area contributed by atoms with E-state index in [0.717, 1.165) is 0 Å². The van der Waals surface area contributed by atoms with Gasteiger partial charge in [0.05, 0.1) is 19.8 Å². The maximum atomic E-state index is 12.0. The smallest absolute Gasteiger partial charge is 0.255 e. The average Bonchev–Trinajstić information content (AvgIpc) is 2.25. The number of hydrogen-bond donors (Lipinski definition) is 1. The third-order valence-electron chi connectivity index (χ3n) is 2.14. The summed E-state index contributed by atoms with van der Waals surface area (Å²) in [6.07, 6.45) is 0. The maximum absolute atomic E-state index is 12.0. The molecule has 0 spiro atoms. The molecule has 1 aromatic carbocycles. The Morgan fingerprint density at radius 3 is 2.29 bits per heavy atom. The number of hydrogen-bond acceptors (Lipinski definition) is 3. The molecule has 0 saturated carbocycles. The van der Waals surface area contributed by atoms with Crippen LogP contribution in [0.3, 0.4) is 0 Å². The molecule has 0 heterocycles. The highest BCUT2D eigenvalue weighted by Crippen LogP contribution is 2.24. The Morgan fingerprint density at radius 1 is 1.18 bits per heavy atom. The summed E-state index contributed by atoms with van der Waals surface area (Å²) in [5.74, 6) is 1.01. The molecule has 0 radical (unpaired) electrons. The summed E-state index contributed by atoms with van der Waals surface area (Å²) in [5.41, 5.74) is 0.227. The van der Waals surface area contributed by atoms with E-state index in [1.165, 1.54) is 7.11 Å². The zero-order chi connectivity index (χ0) is 13.1. The fourth-order valence-electron chi connectivity index (χ4n) is 1.39. The first-order valence-electron chi connectivity index (χ1n) is 5.42. The highest BCUT2D eigenvalue weighted by Gasteiger charge is 2.18. The third kappa shape index (κ3) is 3.66. The van der Waals surface area contributed by atoms with E-state index in [-0.39, 0.29) is 11.4 Å². The van der Waals surface area contributed by atoms with Crippen LogP contribution in [-0.4, -0.2) is 25.7 Å². The van der Waals surface area contributed by atoms with Gasteiger partial charge in [-0.3, -0.25) is 4.79 Å². The van der Waals surface area contributed by atoms with E-state index < -0.39 is 0 Å². The molecule has 1 aromatic rings. The predicted molar refractivity (Wildman–Crippen MR) is 66.8 cm³/mol. The number of carbonyl (C=O) groups is 1. The minimum atomic E-state index is -0.276. The van der Waals surface area contributed by atoms with E-state index in [4.69, 9.17) is 9.47 Å². The molecule has 0 aliphatic rings. The zero-order valence-corrected chi connectivity index (χ0v) is 11.0. The van der Waals surface area contributed by atoms with Gasteiger partial charge in [-0.15, -0.1) is 0 Å². The number of nitrogens with one attached hydrogen (secondary N) is 1. The number of rotatable bonds is 3. The van der Waals surface area contributed by atoms with Crippen LogP contribution in [-0.2, 0) is 0 Å². The van der Waals surface area contributed by atoms with Crippen LogP contribution in [0.25, 0.3) is 0 Å². The molecule has 4 nitrogen and oxygen atoms in total. The van der Waals surface area contributed by atoms with E-state index in [0.29, 0.717) is 17.1 Å². The highest BCUT2D eigenvalue weighted by molar-refractivity contribution is 5.97. The second-order valence-corrected chi connectivity index (χ2v) is 4.77. The SMILES string of the molecule is COc1ccc(C(=O)NC(C)(C)C)c(OC)c1. The molecule has 0 aliphatic heterocycles. The normalized spacial score (nSPS) is 10.9. The van der Waals surface area contributed by atoms with Gasteiger partial charge in [0.15, 0.2) is 0 Å². The molecule has 0 aromatic heterocycles. The molecule has 0 bridgehead atoms. The average molecular weight is 237 g/mol. The molecule has 0 saturated heterocycles. The summed E-state index contributed by atoms with van der Waals surface area (Å²) in [5, 5.41) is 2.89. The lowest BCUT2D eigenvalue weighted by atomic mass is 10.1. The Hall–Kier alpha value is -1.71. The van der Waals surface area contributed by atoms with Gasteiger partial charge in [0.2, 0.25) is 0 Å². The van der Waals surface area contributed by atoms with Crippen molar-refractivity contribution >= 4 is 5.91 Å². The van der Waals surface area contributed by atoms with Gasteiger partial charge in [-0.1, -0.05) is 0 Å². The van der Waals surface area contributed by atoms with Crippen LogP contribution in [0.1, 0.15) is 31.1 Å². The van der Waals surface area contributed by atoms with Crippen LogP contribution in [0.15, 0.2) is 18.2 Å². The van der Waals surface area contributed by atoms with Crippen molar-refractivity contribution in [1.82, 2.24) is 5.32 Å². The molecule has 0 aliphatic carbocycles. The fourth-order valence-corrected chi connectivity index (χ4v) is 1.39. The highest BCUT2D eigenvalue weighted by atomic mass is 16.5. The largest absolute Gasteiger partial charge is 0.497 e. The van der Waals surface area contributed by atoms with Gasteiger partial charge in [-0.05, 0) is 32.9 Å². The zero-order valence-electron chi connectivity index (χ0n) is 11.0. The van der Waals surface area contributed by atoms with Gasteiger partial charge >= 0.3 is 0 Å². The molecule has 1 rings (SSSR count). The first kappa shape index (κ1) is 13.4. The Bertz CT molecular complexity index is 408. The number of carbonyl (C=O) groups excluding carboxylic acids is 1. The summed E-state index contributed by atoms with van der Waals surface area (Å²) < 4.78 is 10.3. The van der Waals surface area contributed by atoms with Gasteiger partial charge < -0.3 is 14.8 Å². The van der Waals surface area contributed by atoms with Crippen molar-refractivity contribution in [1.29, 1.82) is 0 Å². The number of benzene rings is 1. The van der Waals surface area contributed by atoms with Crippen molar-refractivity contribution in [2.45, 2.75) is 26.3 Å². The molecule has 0 unspecified atom stereocenters. The predicted octanol–water partition coefficient (Wildman–Crippen LogP) is 2.23. The Kier molecular flexibility index (Phi) is 3.99. The van der Waals surface area contributed by atoms with E-state index in [1.807, 2.05) is 20.8 Å². The summed E-state index contributed by atoms with van der Waals surface area (Å²) >= 11 is 0. The molecule has 17 heavy (non-hydrogen) atoms. The van der Waals surface area contributed by atoms with Gasteiger partial charge in [-0.25, -0.2) is 0 Å². The number of methoxy groups -OCH3 is 2. The van der Waals surface area contributed by atoms with E-state index >= 15 is 0 Å². The summed E-state index contributed by atoms with van der Waals surface area (Å²) in [4.78, 5) is 12.0. The topological polar surface area (TPSA) is 47.6 Å². The van der Waals surface area contributed by atoms with Crippen LogP contribution in [0, 0.1) is 0 Å². The molecule has 0 fully saturated rings. The second kappa shape index (κ2) is 5.08. The van der Waals surface area contributed by atoms with Crippen molar-refractivity contribution < 1.29 is 14.3 Å². The quantitative estimate of drug-likeness (QED) is 0.877. The molecule has 4 heteroatoms. The lowest BCUT2D eigenvalue weighted by molar-refractivity contribution is 0.0916. The van der Waals surface area contributed by atoms with Crippen LogP contribution < -0.4 is 14.8 Å². The van der Waals surface area contributed by atoms with E-state index in [1.54, 1.807) is 25.3 Å². The van der Waals surface area contributed by atoms with Gasteiger partial charge in [-0.2, -0.15) is 0 Å². The van der Waals surface area contributed by atoms with Crippen molar-refractivity contribution in [3.8, 4) is 11.5 Å². The molecular formula is C13H19NO3. The third-order valence-corrected chi connectivity index (χ3v) is 2.14. The standard InChI is InChI=1S/C13H19NO3/c1-13(2,3)14-12(15)10-7-6-9(16-4)8-11(10)17-5/h6-8H,1-5H3,(H,14,15). The van der Waals surface area contributed by atoms with Crippen LogP contribution in [0.5, 0.6) is 11.5 Å². The number of amides is 1. The molecule has 0 atom stereocenters. The maximum Gasteiger partial charge on any atom is 0.255 e. The summed E-state index contributed by atoms with van der Waals surface area (Å²) in [7, 11) is 3.10. The monoisotopic (exact) mass is 237 g/mol. The Labute approximate surface area is 102 Å². The van der Waals surface area contributed by atoms with Gasteiger partial charge in [0.25, 0.3) is 5.91 Å². The van der Waals surface area contributed by atoms with Crippen LogP contribution in [0.4, 0.5) is 0 Å². The lowest BCUT2D eigenvalue weighted by Crippen LogP contribution is -2.40. The summed E-state index contributed by atoms with van der Waals surface area (Å²) in [6.45, 7) is 5.79.